The highest BCUT2D eigenvalue weighted by Gasteiger charge is 2.45. The predicted molar refractivity (Wildman–Crippen MR) is 93.3 cm³/mol. The van der Waals surface area contributed by atoms with Gasteiger partial charge >= 0.3 is 0 Å². The Bertz CT molecular complexity index is 753. The maximum atomic E-state index is 12.6. The zero-order chi connectivity index (χ0) is 16.9. The van der Waals surface area contributed by atoms with E-state index in [0.29, 0.717) is 16.6 Å². The summed E-state index contributed by atoms with van der Waals surface area (Å²) in [6.07, 6.45) is 0.893. The lowest BCUT2D eigenvalue weighted by molar-refractivity contribution is 0.0864. The molecular weight excluding hydrogens is 308 g/mol. The molecule has 0 bridgehead atoms. The SMILES string of the molecule is Cc1nn(C(=O)[C@H]2C[C@@H]2c2ccc(C(C)(C)C)cc2)c(C)c1Cl. The zero-order valence-corrected chi connectivity index (χ0v) is 15.1. The molecule has 3 rings (SSSR count). The number of halogens is 1. The van der Waals surface area contributed by atoms with Crippen LogP contribution in [-0.4, -0.2) is 15.7 Å². The summed E-state index contributed by atoms with van der Waals surface area (Å²) in [7, 11) is 0. The number of nitrogens with zero attached hydrogens (tertiary/aromatic N) is 2. The summed E-state index contributed by atoms with van der Waals surface area (Å²) in [5.41, 5.74) is 4.16. The second kappa shape index (κ2) is 5.48. The normalized spacial score (nSPS) is 20.6. The zero-order valence-electron chi connectivity index (χ0n) is 14.4. The third-order valence-corrected chi connectivity index (χ3v) is 5.27. The summed E-state index contributed by atoms with van der Waals surface area (Å²) in [5.74, 6) is 0.381. The average Bonchev–Trinajstić information content (AvgIpc) is 3.25. The van der Waals surface area contributed by atoms with Crippen molar-refractivity contribution in [2.24, 2.45) is 5.92 Å². The molecule has 1 aliphatic rings. The maximum Gasteiger partial charge on any atom is 0.250 e. The van der Waals surface area contributed by atoms with Crippen molar-refractivity contribution >= 4 is 17.5 Å². The number of aryl methyl sites for hydroxylation is 1. The lowest BCUT2D eigenvalue weighted by Crippen LogP contribution is -2.17. The van der Waals surface area contributed by atoms with Crippen molar-refractivity contribution in [1.82, 2.24) is 9.78 Å². The first kappa shape index (κ1) is 16.3. The monoisotopic (exact) mass is 330 g/mol. The van der Waals surface area contributed by atoms with Crippen LogP contribution in [0.1, 0.15) is 60.4 Å². The van der Waals surface area contributed by atoms with Gasteiger partial charge in [-0.25, -0.2) is 4.68 Å². The summed E-state index contributed by atoms with van der Waals surface area (Å²) < 4.78 is 1.48. The Balaban J connectivity index is 1.76. The molecule has 0 unspecified atom stereocenters. The van der Waals surface area contributed by atoms with Gasteiger partial charge in [0, 0.05) is 5.92 Å². The Morgan fingerprint density at radius 2 is 1.83 bits per heavy atom. The van der Waals surface area contributed by atoms with E-state index in [1.807, 2.05) is 13.8 Å². The summed E-state index contributed by atoms with van der Waals surface area (Å²) >= 11 is 6.15. The quantitative estimate of drug-likeness (QED) is 0.785. The highest BCUT2D eigenvalue weighted by molar-refractivity contribution is 6.32. The minimum atomic E-state index is 0.0181. The van der Waals surface area contributed by atoms with Crippen LogP contribution in [0.25, 0.3) is 0 Å². The highest BCUT2D eigenvalue weighted by Crippen LogP contribution is 2.48. The van der Waals surface area contributed by atoms with E-state index < -0.39 is 0 Å². The molecule has 1 heterocycles. The van der Waals surface area contributed by atoms with Gasteiger partial charge in [0.25, 0.3) is 5.91 Å². The highest BCUT2D eigenvalue weighted by atomic mass is 35.5. The second-order valence-corrected chi connectivity index (χ2v) is 7.93. The maximum absolute atomic E-state index is 12.6. The molecule has 0 radical (unpaired) electrons. The van der Waals surface area contributed by atoms with Gasteiger partial charge in [-0.3, -0.25) is 4.79 Å². The third-order valence-electron chi connectivity index (χ3n) is 4.72. The van der Waals surface area contributed by atoms with Gasteiger partial charge in [0.05, 0.1) is 16.4 Å². The van der Waals surface area contributed by atoms with Gasteiger partial charge in [-0.2, -0.15) is 5.10 Å². The van der Waals surface area contributed by atoms with Crippen molar-refractivity contribution in [3.63, 3.8) is 0 Å². The van der Waals surface area contributed by atoms with Crippen molar-refractivity contribution in [2.45, 2.75) is 52.4 Å². The van der Waals surface area contributed by atoms with Crippen LogP contribution in [0, 0.1) is 19.8 Å². The van der Waals surface area contributed by atoms with Gasteiger partial charge in [-0.05, 0) is 42.7 Å². The number of benzene rings is 1. The van der Waals surface area contributed by atoms with Crippen LogP contribution in [0.4, 0.5) is 0 Å². The minimum absolute atomic E-state index is 0.0181. The fourth-order valence-electron chi connectivity index (χ4n) is 3.06. The van der Waals surface area contributed by atoms with Crippen LogP contribution in [0.5, 0.6) is 0 Å². The molecular formula is C19H23ClN2O. The van der Waals surface area contributed by atoms with Crippen LogP contribution >= 0.6 is 11.6 Å². The van der Waals surface area contributed by atoms with Crippen molar-refractivity contribution in [2.75, 3.05) is 0 Å². The van der Waals surface area contributed by atoms with Gasteiger partial charge < -0.3 is 0 Å². The predicted octanol–water partition coefficient (Wildman–Crippen LogP) is 4.89. The summed E-state index contributed by atoms with van der Waals surface area (Å²) in [4.78, 5) is 12.6. The van der Waals surface area contributed by atoms with Crippen LogP contribution < -0.4 is 0 Å². The first-order valence-corrected chi connectivity index (χ1v) is 8.44. The number of hydrogen-bond acceptors (Lipinski definition) is 2. The largest absolute Gasteiger partial charge is 0.272 e. The first-order valence-electron chi connectivity index (χ1n) is 8.06. The number of carbonyl (C=O) groups excluding carboxylic acids is 1. The lowest BCUT2D eigenvalue weighted by Gasteiger charge is -2.19. The minimum Gasteiger partial charge on any atom is -0.272 e. The number of hydrogen-bond donors (Lipinski definition) is 0. The van der Waals surface area contributed by atoms with E-state index >= 15 is 0 Å². The first-order chi connectivity index (χ1) is 10.7. The smallest absolute Gasteiger partial charge is 0.250 e. The lowest BCUT2D eigenvalue weighted by atomic mass is 9.86. The van der Waals surface area contributed by atoms with E-state index in [-0.39, 0.29) is 17.2 Å². The van der Waals surface area contributed by atoms with Crippen molar-refractivity contribution in [3.8, 4) is 0 Å². The molecule has 2 aromatic rings. The van der Waals surface area contributed by atoms with Gasteiger partial charge in [0.1, 0.15) is 0 Å². The van der Waals surface area contributed by atoms with Crippen LogP contribution in [-0.2, 0) is 5.41 Å². The molecule has 23 heavy (non-hydrogen) atoms. The van der Waals surface area contributed by atoms with Gasteiger partial charge in [0.15, 0.2) is 0 Å². The van der Waals surface area contributed by atoms with E-state index in [1.165, 1.54) is 15.8 Å². The number of aromatic nitrogens is 2. The summed E-state index contributed by atoms with van der Waals surface area (Å²) in [6.45, 7) is 10.3. The standard InChI is InChI=1S/C19H23ClN2O/c1-11-17(20)12(2)22(21-11)18(23)16-10-15(16)13-6-8-14(9-7-13)19(3,4)5/h6-9,15-16H,10H2,1-5H3/t15-,16+/m1/s1. The molecule has 0 aliphatic heterocycles. The van der Waals surface area contributed by atoms with Crippen LogP contribution in [0.15, 0.2) is 24.3 Å². The van der Waals surface area contributed by atoms with E-state index in [4.69, 9.17) is 11.6 Å². The second-order valence-electron chi connectivity index (χ2n) is 7.56. The molecule has 1 aromatic carbocycles. The fraction of sp³-hybridized carbons (Fsp3) is 0.474. The molecule has 0 saturated heterocycles. The average molecular weight is 331 g/mol. The van der Waals surface area contributed by atoms with Gasteiger partial charge in [-0.15, -0.1) is 0 Å². The third kappa shape index (κ3) is 2.94. The summed E-state index contributed by atoms with van der Waals surface area (Å²) in [6, 6.07) is 8.67. The number of rotatable bonds is 2. The van der Waals surface area contributed by atoms with E-state index in [9.17, 15) is 4.79 Å². The van der Waals surface area contributed by atoms with Gasteiger partial charge in [-0.1, -0.05) is 56.6 Å². The molecule has 0 N–H and O–H groups in total. The molecule has 122 valence electrons. The van der Waals surface area contributed by atoms with E-state index in [0.717, 1.165) is 12.1 Å². The van der Waals surface area contributed by atoms with E-state index in [1.54, 1.807) is 0 Å². The van der Waals surface area contributed by atoms with Gasteiger partial charge in [0.2, 0.25) is 0 Å². The molecule has 1 aromatic heterocycles. The Labute approximate surface area is 142 Å². The summed E-state index contributed by atoms with van der Waals surface area (Å²) in [5, 5.41) is 4.87. The van der Waals surface area contributed by atoms with Crippen LogP contribution in [0.2, 0.25) is 5.02 Å². The van der Waals surface area contributed by atoms with Crippen molar-refractivity contribution in [1.29, 1.82) is 0 Å². The fourth-order valence-corrected chi connectivity index (χ4v) is 3.18. The molecule has 2 atom stereocenters. The molecule has 3 nitrogen and oxygen atoms in total. The Morgan fingerprint density at radius 3 is 2.30 bits per heavy atom. The van der Waals surface area contributed by atoms with Crippen LogP contribution in [0.3, 0.4) is 0 Å². The Hall–Kier alpha value is -1.61. The van der Waals surface area contributed by atoms with Crippen molar-refractivity contribution in [3.05, 3.63) is 51.8 Å². The molecule has 0 amide bonds. The topological polar surface area (TPSA) is 34.9 Å². The molecule has 1 saturated carbocycles. The Kier molecular flexibility index (Phi) is 3.88. The molecule has 1 fully saturated rings. The Morgan fingerprint density at radius 1 is 1.22 bits per heavy atom. The van der Waals surface area contributed by atoms with Crippen molar-refractivity contribution < 1.29 is 4.79 Å². The van der Waals surface area contributed by atoms with E-state index in [2.05, 4.69) is 50.1 Å². The molecule has 4 heteroatoms. The molecule has 0 spiro atoms. The number of carbonyl (C=O) groups is 1. The molecule has 1 aliphatic carbocycles.